The lowest BCUT2D eigenvalue weighted by Crippen LogP contribution is -2.17. The van der Waals surface area contributed by atoms with Gasteiger partial charge < -0.3 is 4.90 Å². The smallest absolute Gasteiger partial charge is 0.254 e. The lowest BCUT2D eigenvalue weighted by Gasteiger charge is -2.04. The lowest BCUT2D eigenvalue weighted by molar-refractivity contribution is 0.0816. The molecule has 0 atom stereocenters. The van der Waals surface area contributed by atoms with E-state index < -0.39 is 0 Å². The minimum Gasteiger partial charge on any atom is -0.337 e. The number of benzene rings is 1. The van der Waals surface area contributed by atoms with Gasteiger partial charge in [0.1, 0.15) is 0 Å². The molecule has 2 nitrogen and oxygen atoms in total. The fraction of sp³-hybridized carbons (Fsp3) is 0.364. The van der Waals surface area contributed by atoms with Crippen LogP contribution in [0.2, 0.25) is 0 Å². The van der Waals surface area contributed by atoms with Gasteiger partial charge in [0.15, 0.2) is 0 Å². The van der Waals surface area contributed by atoms with Crippen molar-refractivity contribution in [1.29, 1.82) is 0 Å². The van der Waals surface area contributed by atoms with E-state index in [-0.39, 0.29) is 5.91 Å². The maximum atomic E-state index is 11.6. The average molecular weight is 175 g/mol. The monoisotopic (exact) mass is 175 g/mol. The number of hydrogen-bond acceptors (Lipinski definition) is 1. The summed E-state index contributed by atoms with van der Waals surface area (Å²) >= 11 is 0. The maximum absolute atomic E-state index is 11.6. The third-order valence-corrected chi connectivity index (χ3v) is 2.57. The molecule has 1 aliphatic rings. The number of carbonyl (C=O) groups excluding carboxylic acids is 1. The fourth-order valence-corrected chi connectivity index (χ4v) is 1.71. The number of rotatable bonds is 1. The van der Waals surface area contributed by atoms with E-state index in [1.165, 1.54) is 5.56 Å². The van der Waals surface area contributed by atoms with Gasteiger partial charge in [-0.1, -0.05) is 19.1 Å². The highest BCUT2D eigenvalue weighted by molar-refractivity contribution is 5.98. The Morgan fingerprint density at radius 2 is 2.23 bits per heavy atom. The van der Waals surface area contributed by atoms with Crippen molar-refractivity contribution in [3.05, 3.63) is 34.9 Å². The van der Waals surface area contributed by atoms with Crippen molar-refractivity contribution in [2.45, 2.75) is 19.9 Å². The SMILES string of the molecule is CCc1ccc2c(c1)C(=O)N(C)C2. The van der Waals surface area contributed by atoms with Crippen molar-refractivity contribution < 1.29 is 4.79 Å². The van der Waals surface area contributed by atoms with Crippen LogP contribution >= 0.6 is 0 Å². The van der Waals surface area contributed by atoms with Crippen LogP contribution in [0.4, 0.5) is 0 Å². The molecule has 2 heteroatoms. The van der Waals surface area contributed by atoms with Crippen LogP contribution in [-0.4, -0.2) is 17.9 Å². The summed E-state index contributed by atoms with van der Waals surface area (Å²) in [7, 11) is 1.84. The van der Waals surface area contributed by atoms with Crippen molar-refractivity contribution in [1.82, 2.24) is 4.90 Å². The summed E-state index contributed by atoms with van der Waals surface area (Å²) in [5.74, 6) is 0.158. The van der Waals surface area contributed by atoms with Gasteiger partial charge in [0, 0.05) is 19.2 Å². The number of aryl methyl sites for hydroxylation is 1. The van der Waals surface area contributed by atoms with Gasteiger partial charge >= 0.3 is 0 Å². The van der Waals surface area contributed by atoms with Crippen molar-refractivity contribution >= 4 is 5.91 Å². The van der Waals surface area contributed by atoms with Crippen LogP contribution in [0.15, 0.2) is 18.2 Å². The summed E-state index contributed by atoms with van der Waals surface area (Å²) in [6, 6.07) is 6.18. The Hall–Kier alpha value is -1.31. The molecule has 0 unspecified atom stereocenters. The normalized spacial score (nSPS) is 14.9. The van der Waals surface area contributed by atoms with Gasteiger partial charge in [-0.2, -0.15) is 0 Å². The van der Waals surface area contributed by atoms with E-state index in [1.54, 1.807) is 4.90 Å². The first kappa shape index (κ1) is 8.30. The molecule has 68 valence electrons. The Morgan fingerprint density at radius 3 is 2.92 bits per heavy atom. The molecule has 1 aromatic rings. The summed E-state index contributed by atoms with van der Waals surface area (Å²) in [5.41, 5.74) is 3.29. The predicted octanol–water partition coefficient (Wildman–Crippen LogP) is 1.83. The van der Waals surface area contributed by atoms with Crippen LogP contribution in [-0.2, 0) is 13.0 Å². The van der Waals surface area contributed by atoms with Crippen molar-refractivity contribution in [2.24, 2.45) is 0 Å². The molecule has 1 aliphatic heterocycles. The van der Waals surface area contributed by atoms with E-state index in [0.29, 0.717) is 0 Å². The first-order valence-corrected chi connectivity index (χ1v) is 4.59. The number of fused-ring (bicyclic) bond motifs is 1. The van der Waals surface area contributed by atoms with Crippen molar-refractivity contribution in [2.75, 3.05) is 7.05 Å². The Morgan fingerprint density at radius 1 is 1.46 bits per heavy atom. The molecule has 0 saturated heterocycles. The Bertz CT molecular complexity index is 357. The van der Waals surface area contributed by atoms with Crippen LogP contribution in [0, 0.1) is 0 Å². The Balaban J connectivity index is 2.48. The summed E-state index contributed by atoms with van der Waals surface area (Å²) in [6.07, 6.45) is 0.990. The summed E-state index contributed by atoms with van der Waals surface area (Å²) in [4.78, 5) is 13.3. The van der Waals surface area contributed by atoms with E-state index in [2.05, 4.69) is 19.1 Å². The number of amides is 1. The highest BCUT2D eigenvalue weighted by atomic mass is 16.2. The molecule has 1 amide bonds. The Kier molecular flexibility index (Phi) is 1.83. The topological polar surface area (TPSA) is 20.3 Å². The third kappa shape index (κ3) is 1.22. The van der Waals surface area contributed by atoms with Gasteiger partial charge in [0.2, 0.25) is 0 Å². The molecule has 0 fully saturated rings. The number of carbonyl (C=O) groups is 1. The molecular weight excluding hydrogens is 162 g/mol. The molecule has 0 aliphatic carbocycles. The molecule has 2 rings (SSSR count). The van der Waals surface area contributed by atoms with Gasteiger partial charge in [-0.25, -0.2) is 0 Å². The van der Waals surface area contributed by atoms with Crippen LogP contribution in [0.1, 0.15) is 28.4 Å². The van der Waals surface area contributed by atoms with Gasteiger partial charge in [-0.15, -0.1) is 0 Å². The van der Waals surface area contributed by atoms with Gasteiger partial charge in [-0.05, 0) is 23.6 Å². The number of nitrogens with zero attached hydrogens (tertiary/aromatic N) is 1. The molecule has 0 radical (unpaired) electrons. The first-order valence-electron chi connectivity index (χ1n) is 4.59. The van der Waals surface area contributed by atoms with Crippen LogP contribution < -0.4 is 0 Å². The quantitative estimate of drug-likeness (QED) is 0.637. The van der Waals surface area contributed by atoms with Gasteiger partial charge in [0.05, 0.1) is 0 Å². The second-order valence-corrected chi connectivity index (χ2v) is 3.51. The molecule has 0 saturated carbocycles. The van der Waals surface area contributed by atoms with Crippen molar-refractivity contribution in [3.63, 3.8) is 0 Å². The summed E-state index contributed by atoms with van der Waals surface area (Å²) < 4.78 is 0. The van der Waals surface area contributed by atoms with E-state index in [1.807, 2.05) is 13.1 Å². The van der Waals surface area contributed by atoms with Crippen LogP contribution in [0.5, 0.6) is 0 Å². The Labute approximate surface area is 78.2 Å². The zero-order chi connectivity index (χ0) is 9.42. The highest BCUT2D eigenvalue weighted by Gasteiger charge is 2.23. The van der Waals surface area contributed by atoms with E-state index in [9.17, 15) is 4.79 Å². The molecule has 0 aromatic heterocycles. The molecule has 13 heavy (non-hydrogen) atoms. The van der Waals surface area contributed by atoms with E-state index in [4.69, 9.17) is 0 Å². The molecule has 1 heterocycles. The predicted molar refractivity (Wildman–Crippen MR) is 51.6 cm³/mol. The third-order valence-electron chi connectivity index (χ3n) is 2.57. The zero-order valence-corrected chi connectivity index (χ0v) is 8.00. The summed E-state index contributed by atoms with van der Waals surface area (Å²) in [5, 5.41) is 0. The second kappa shape index (κ2) is 2.87. The second-order valence-electron chi connectivity index (χ2n) is 3.51. The highest BCUT2D eigenvalue weighted by Crippen LogP contribution is 2.22. The first-order chi connectivity index (χ1) is 6.22. The van der Waals surface area contributed by atoms with E-state index in [0.717, 1.165) is 24.1 Å². The molecular formula is C11H13NO. The van der Waals surface area contributed by atoms with Crippen LogP contribution in [0.25, 0.3) is 0 Å². The summed E-state index contributed by atoms with van der Waals surface area (Å²) in [6.45, 7) is 2.86. The average Bonchev–Trinajstić information content (AvgIpc) is 2.43. The van der Waals surface area contributed by atoms with Gasteiger partial charge in [-0.3, -0.25) is 4.79 Å². The van der Waals surface area contributed by atoms with Crippen LogP contribution in [0.3, 0.4) is 0 Å². The van der Waals surface area contributed by atoms with Gasteiger partial charge in [0.25, 0.3) is 5.91 Å². The molecule has 1 aromatic carbocycles. The maximum Gasteiger partial charge on any atom is 0.254 e. The molecule has 0 N–H and O–H groups in total. The molecule has 0 spiro atoms. The standard InChI is InChI=1S/C11H13NO/c1-3-8-4-5-9-7-12(2)11(13)10(9)6-8/h4-6H,3,7H2,1-2H3. The lowest BCUT2D eigenvalue weighted by atomic mass is 10.0. The van der Waals surface area contributed by atoms with E-state index >= 15 is 0 Å². The fourth-order valence-electron chi connectivity index (χ4n) is 1.71. The minimum atomic E-state index is 0.158. The number of hydrogen-bond donors (Lipinski definition) is 0. The zero-order valence-electron chi connectivity index (χ0n) is 8.00. The largest absolute Gasteiger partial charge is 0.337 e. The molecule has 0 bridgehead atoms. The minimum absolute atomic E-state index is 0.158. The van der Waals surface area contributed by atoms with Crippen molar-refractivity contribution in [3.8, 4) is 0 Å².